The Morgan fingerprint density at radius 1 is 1.91 bits per heavy atom. The van der Waals surface area contributed by atoms with Crippen LogP contribution in [0.1, 0.15) is 0 Å². The summed E-state index contributed by atoms with van der Waals surface area (Å²) in [6, 6.07) is -0.648. The smallest absolute Gasteiger partial charge is 0.318 e. The second-order valence-electron chi connectivity index (χ2n) is 2.20. The molecule has 0 aromatic carbocycles. The van der Waals surface area contributed by atoms with Gasteiger partial charge in [-0.25, -0.2) is 9.24 Å². The SMILES string of the molecule is CO[P@@](=O)(O)N1CC(N)C1=O. The van der Waals surface area contributed by atoms with Crippen molar-refractivity contribution in [2.75, 3.05) is 13.7 Å². The van der Waals surface area contributed by atoms with Crippen molar-refractivity contribution in [2.24, 2.45) is 5.73 Å². The third-order valence-electron chi connectivity index (χ3n) is 1.48. The molecule has 1 aliphatic rings. The highest BCUT2D eigenvalue weighted by molar-refractivity contribution is 7.51. The molecule has 0 aromatic rings. The van der Waals surface area contributed by atoms with Crippen LogP contribution in [0.3, 0.4) is 0 Å². The van der Waals surface area contributed by atoms with E-state index >= 15 is 0 Å². The number of hydrogen-bond acceptors (Lipinski definition) is 4. The van der Waals surface area contributed by atoms with Crippen molar-refractivity contribution in [3.63, 3.8) is 0 Å². The molecule has 6 nitrogen and oxygen atoms in total. The number of carbonyl (C=O) groups is 1. The van der Waals surface area contributed by atoms with Crippen molar-refractivity contribution in [3.05, 3.63) is 0 Å². The van der Waals surface area contributed by atoms with Crippen LogP contribution < -0.4 is 5.73 Å². The van der Waals surface area contributed by atoms with E-state index in [0.717, 1.165) is 11.8 Å². The van der Waals surface area contributed by atoms with Crippen molar-refractivity contribution in [2.45, 2.75) is 6.04 Å². The molecule has 0 aromatic heterocycles. The molecule has 64 valence electrons. The molecule has 7 heteroatoms. The topological polar surface area (TPSA) is 92.9 Å². The van der Waals surface area contributed by atoms with Crippen molar-refractivity contribution >= 4 is 13.7 Å². The lowest BCUT2D eigenvalue weighted by Crippen LogP contribution is -2.59. The maximum Gasteiger partial charge on any atom is 0.434 e. The number of nitrogens with zero attached hydrogens (tertiary/aromatic N) is 1. The molecule has 1 saturated heterocycles. The van der Waals surface area contributed by atoms with Crippen LogP contribution >= 0.6 is 7.75 Å². The van der Waals surface area contributed by atoms with E-state index in [4.69, 9.17) is 10.6 Å². The molecule has 11 heavy (non-hydrogen) atoms. The van der Waals surface area contributed by atoms with Gasteiger partial charge in [0.05, 0.1) is 6.54 Å². The molecule has 3 N–H and O–H groups in total. The molecule has 0 radical (unpaired) electrons. The Labute approximate surface area is 63.5 Å². The van der Waals surface area contributed by atoms with E-state index in [0.29, 0.717) is 0 Å². The Balaban J connectivity index is 2.66. The fourth-order valence-corrected chi connectivity index (χ4v) is 1.74. The van der Waals surface area contributed by atoms with Crippen LogP contribution in [0.4, 0.5) is 0 Å². The average molecular weight is 180 g/mol. The maximum absolute atomic E-state index is 10.9. The molecule has 1 aliphatic heterocycles. The summed E-state index contributed by atoms with van der Waals surface area (Å²) in [6.45, 7) is 0.0838. The minimum atomic E-state index is -3.87. The molecule has 0 bridgehead atoms. The first-order valence-corrected chi connectivity index (χ1v) is 4.48. The highest BCUT2D eigenvalue weighted by Crippen LogP contribution is 2.48. The largest absolute Gasteiger partial charge is 0.434 e. The Bertz CT molecular complexity index is 230. The summed E-state index contributed by atoms with van der Waals surface area (Å²) in [7, 11) is -2.80. The monoisotopic (exact) mass is 180 g/mol. The van der Waals surface area contributed by atoms with Gasteiger partial charge in [0.1, 0.15) is 6.04 Å². The van der Waals surface area contributed by atoms with Crippen LogP contribution in [-0.4, -0.2) is 35.2 Å². The summed E-state index contributed by atoms with van der Waals surface area (Å²) in [6.07, 6.45) is 0. The summed E-state index contributed by atoms with van der Waals surface area (Å²) in [4.78, 5) is 19.7. The van der Waals surface area contributed by atoms with Gasteiger partial charge in [-0.15, -0.1) is 0 Å². The van der Waals surface area contributed by atoms with E-state index in [1.54, 1.807) is 0 Å². The molecule has 1 unspecified atom stereocenters. The van der Waals surface area contributed by atoms with E-state index in [-0.39, 0.29) is 6.54 Å². The lowest BCUT2D eigenvalue weighted by Gasteiger charge is -2.36. The van der Waals surface area contributed by atoms with Gasteiger partial charge in [0.25, 0.3) is 0 Å². The summed E-state index contributed by atoms with van der Waals surface area (Å²) in [5.74, 6) is -0.544. The van der Waals surface area contributed by atoms with Gasteiger partial charge in [-0.1, -0.05) is 0 Å². The Morgan fingerprint density at radius 3 is 2.73 bits per heavy atom. The highest BCUT2D eigenvalue weighted by Gasteiger charge is 2.45. The summed E-state index contributed by atoms with van der Waals surface area (Å²) >= 11 is 0. The van der Waals surface area contributed by atoms with E-state index < -0.39 is 19.7 Å². The highest BCUT2D eigenvalue weighted by atomic mass is 31.2. The second-order valence-corrected chi connectivity index (χ2v) is 4.03. The van der Waals surface area contributed by atoms with Crippen molar-refractivity contribution in [3.8, 4) is 0 Å². The normalized spacial score (nSPS) is 29.5. The lowest BCUT2D eigenvalue weighted by atomic mass is 10.2. The minimum absolute atomic E-state index is 0.0838. The zero-order valence-electron chi connectivity index (χ0n) is 5.93. The fourth-order valence-electron chi connectivity index (χ4n) is 0.760. The number of amides is 1. The molecule has 0 saturated carbocycles. The van der Waals surface area contributed by atoms with E-state index in [1.165, 1.54) is 0 Å². The van der Waals surface area contributed by atoms with Gasteiger partial charge in [-0.3, -0.25) is 9.32 Å². The summed E-state index contributed by atoms with van der Waals surface area (Å²) in [5.41, 5.74) is 5.18. The lowest BCUT2D eigenvalue weighted by molar-refractivity contribution is -0.136. The van der Waals surface area contributed by atoms with Gasteiger partial charge >= 0.3 is 7.75 Å². The van der Waals surface area contributed by atoms with E-state index in [2.05, 4.69) is 4.52 Å². The fraction of sp³-hybridized carbons (Fsp3) is 0.750. The summed E-state index contributed by atoms with van der Waals surface area (Å²) < 4.78 is 15.9. The average Bonchev–Trinajstić information content (AvgIpc) is 1.99. The zero-order valence-corrected chi connectivity index (χ0v) is 6.82. The van der Waals surface area contributed by atoms with Crippen LogP contribution in [0.25, 0.3) is 0 Å². The van der Waals surface area contributed by atoms with Gasteiger partial charge in [0.2, 0.25) is 5.91 Å². The van der Waals surface area contributed by atoms with Crippen LogP contribution in [-0.2, 0) is 13.9 Å². The number of hydrogen-bond donors (Lipinski definition) is 2. The second kappa shape index (κ2) is 2.57. The third kappa shape index (κ3) is 1.30. The van der Waals surface area contributed by atoms with Crippen LogP contribution in [0.2, 0.25) is 0 Å². The van der Waals surface area contributed by atoms with Crippen molar-refractivity contribution < 1.29 is 18.8 Å². The van der Waals surface area contributed by atoms with Gasteiger partial charge in [0, 0.05) is 7.11 Å². The quantitative estimate of drug-likeness (QED) is 0.415. The van der Waals surface area contributed by atoms with Crippen LogP contribution in [0, 0.1) is 0 Å². The molecule has 2 atom stereocenters. The molecule has 0 aliphatic carbocycles. The Kier molecular flexibility index (Phi) is 2.02. The number of β-lactam (4-membered cyclic amide) rings is 1. The molecule has 1 heterocycles. The van der Waals surface area contributed by atoms with Gasteiger partial charge in [-0.05, 0) is 0 Å². The van der Waals surface area contributed by atoms with E-state index in [1.807, 2.05) is 0 Å². The zero-order chi connectivity index (χ0) is 8.65. The van der Waals surface area contributed by atoms with Crippen LogP contribution in [0.5, 0.6) is 0 Å². The maximum atomic E-state index is 10.9. The molecule has 1 amide bonds. The first-order valence-electron chi connectivity index (χ1n) is 2.95. The minimum Gasteiger partial charge on any atom is -0.318 e. The van der Waals surface area contributed by atoms with Crippen LogP contribution in [0.15, 0.2) is 0 Å². The summed E-state index contributed by atoms with van der Waals surface area (Å²) in [5, 5.41) is 0. The third-order valence-corrected chi connectivity index (χ3v) is 2.93. The molecule has 1 rings (SSSR count). The molecular weight excluding hydrogens is 171 g/mol. The molecular formula is C4H9N2O4P. The molecule has 1 fully saturated rings. The molecule has 0 spiro atoms. The number of rotatable bonds is 2. The van der Waals surface area contributed by atoms with Crippen molar-refractivity contribution in [1.29, 1.82) is 0 Å². The number of carbonyl (C=O) groups excluding carboxylic acids is 1. The van der Waals surface area contributed by atoms with E-state index in [9.17, 15) is 9.36 Å². The van der Waals surface area contributed by atoms with Gasteiger partial charge < -0.3 is 10.6 Å². The Morgan fingerprint density at radius 2 is 2.45 bits per heavy atom. The number of nitrogens with two attached hydrogens (primary N) is 1. The predicted octanol–water partition coefficient (Wildman–Crippen LogP) is -1.10. The van der Waals surface area contributed by atoms with Gasteiger partial charge in [0.15, 0.2) is 0 Å². The standard InChI is InChI=1S/C4H9N2O4P/c1-10-11(8,9)6-2-3(5)4(6)7/h3H,2,5H2,1H3,(H,8,9). The van der Waals surface area contributed by atoms with Crippen molar-refractivity contribution in [1.82, 2.24) is 4.67 Å². The predicted molar refractivity (Wildman–Crippen MR) is 36.5 cm³/mol. The first kappa shape index (κ1) is 8.67. The first-order chi connectivity index (χ1) is 4.99. The Hall–Kier alpha value is -0.420. The van der Waals surface area contributed by atoms with Gasteiger partial charge in [-0.2, -0.15) is 0 Å².